The molecule has 0 N–H and O–H groups in total. The maximum Gasteiger partial charge on any atom is 0.109 e. The molecule has 0 amide bonds. The van der Waals surface area contributed by atoms with Gasteiger partial charge in [-0.25, -0.2) is 0 Å². The number of fused-ring (bicyclic) bond motifs is 2. The lowest BCUT2D eigenvalue weighted by molar-refractivity contribution is 0.198. The Balaban J connectivity index is 1.68. The molecule has 96 valence electrons. The number of unbranched alkanes of at least 4 members (excludes halogenated alkanes) is 5. The summed E-state index contributed by atoms with van der Waals surface area (Å²) in [6.45, 7) is 3.43. The topological polar surface area (TPSA) is 27.0 Å². The lowest BCUT2D eigenvalue weighted by Gasteiger charge is -2.28. The number of hydrogen-bond donors (Lipinski definition) is 0. The molecule has 0 atom stereocenters. The fourth-order valence-corrected chi connectivity index (χ4v) is 3.66. The summed E-state index contributed by atoms with van der Waals surface area (Å²) >= 11 is 0. The molecule has 0 aromatic carbocycles. The Morgan fingerprint density at radius 3 is 2.41 bits per heavy atom. The van der Waals surface area contributed by atoms with Gasteiger partial charge < -0.3 is 0 Å². The van der Waals surface area contributed by atoms with Crippen LogP contribution in [0.5, 0.6) is 0 Å². The summed E-state index contributed by atoms with van der Waals surface area (Å²) in [4.78, 5) is 2.53. The second-order valence-electron chi connectivity index (χ2n) is 5.84. The number of nitriles is 1. The lowest BCUT2D eigenvalue weighted by atomic mass is 9.89. The molecular formula is C15H26N2. The summed E-state index contributed by atoms with van der Waals surface area (Å²) in [7, 11) is 0. The van der Waals surface area contributed by atoms with Crippen LogP contribution in [-0.2, 0) is 0 Å². The molecule has 0 aromatic rings. The molecule has 0 spiro atoms. The summed E-state index contributed by atoms with van der Waals surface area (Å²) in [6, 6.07) is 3.35. The first kappa shape index (κ1) is 12.9. The molecule has 2 bridgehead atoms. The van der Waals surface area contributed by atoms with E-state index >= 15 is 0 Å². The fourth-order valence-electron chi connectivity index (χ4n) is 3.66. The van der Waals surface area contributed by atoms with Gasteiger partial charge in [0.2, 0.25) is 0 Å². The molecule has 17 heavy (non-hydrogen) atoms. The Bertz CT molecular complexity index is 271. The highest BCUT2D eigenvalue weighted by molar-refractivity contribution is 5.18. The van der Waals surface area contributed by atoms with Gasteiger partial charge in [0.05, 0.1) is 6.07 Å². The van der Waals surface area contributed by atoms with E-state index in [-0.39, 0.29) is 5.54 Å². The average molecular weight is 234 g/mol. The molecule has 0 aliphatic carbocycles. The zero-order valence-corrected chi connectivity index (χ0v) is 11.2. The molecule has 0 radical (unpaired) electrons. The van der Waals surface area contributed by atoms with E-state index in [1.54, 1.807) is 0 Å². The Morgan fingerprint density at radius 2 is 1.76 bits per heavy atom. The summed E-state index contributed by atoms with van der Waals surface area (Å²) < 4.78 is 0. The van der Waals surface area contributed by atoms with E-state index in [0.29, 0.717) is 0 Å². The fraction of sp³-hybridized carbons (Fsp3) is 0.933. The van der Waals surface area contributed by atoms with Crippen LogP contribution in [0.25, 0.3) is 0 Å². The van der Waals surface area contributed by atoms with Crippen molar-refractivity contribution in [2.45, 2.75) is 82.7 Å². The lowest BCUT2D eigenvalue weighted by Crippen LogP contribution is -2.40. The standard InChI is InChI=1S/C15H26N2/c1-2-3-4-5-6-7-12-17-14-8-10-15(17,13-16)11-9-14/h14H,2-12H2,1H3. The molecule has 2 heterocycles. The second kappa shape index (κ2) is 5.87. The molecule has 2 aliphatic heterocycles. The van der Waals surface area contributed by atoms with Crippen LogP contribution in [0.2, 0.25) is 0 Å². The molecule has 2 saturated heterocycles. The summed E-state index contributed by atoms with van der Waals surface area (Å²) in [5, 5.41) is 9.39. The van der Waals surface area contributed by atoms with E-state index in [0.717, 1.165) is 18.9 Å². The van der Waals surface area contributed by atoms with Crippen molar-refractivity contribution in [3.8, 4) is 6.07 Å². The van der Waals surface area contributed by atoms with E-state index < -0.39 is 0 Å². The van der Waals surface area contributed by atoms with Gasteiger partial charge in [-0.05, 0) is 38.6 Å². The highest BCUT2D eigenvalue weighted by Gasteiger charge is 2.51. The predicted molar refractivity (Wildman–Crippen MR) is 70.7 cm³/mol. The van der Waals surface area contributed by atoms with Gasteiger partial charge in [-0.1, -0.05) is 39.0 Å². The van der Waals surface area contributed by atoms with Crippen LogP contribution < -0.4 is 0 Å². The molecule has 2 fully saturated rings. The number of hydrogen-bond acceptors (Lipinski definition) is 2. The number of nitrogens with zero attached hydrogens (tertiary/aromatic N) is 2. The van der Waals surface area contributed by atoms with Gasteiger partial charge in [-0.3, -0.25) is 4.90 Å². The van der Waals surface area contributed by atoms with E-state index in [2.05, 4.69) is 17.9 Å². The minimum Gasteiger partial charge on any atom is -0.283 e. The first-order valence-electron chi connectivity index (χ1n) is 7.50. The van der Waals surface area contributed by atoms with Crippen molar-refractivity contribution in [1.82, 2.24) is 4.90 Å². The normalized spacial score (nSPS) is 31.9. The summed E-state index contributed by atoms with van der Waals surface area (Å²) in [6.07, 6.45) is 12.9. The van der Waals surface area contributed by atoms with Gasteiger partial charge in [-0.15, -0.1) is 0 Å². The van der Waals surface area contributed by atoms with Gasteiger partial charge in [0.15, 0.2) is 0 Å². The van der Waals surface area contributed by atoms with Gasteiger partial charge in [-0.2, -0.15) is 5.26 Å². The SMILES string of the molecule is CCCCCCCCN1C2CCC1(C#N)CC2. The number of rotatable bonds is 7. The van der Waals surface area contributed by atoms with E-state index in [1.807, 2.05) is 0 Å². The third-order valence-corrected chi connectivity index (χ3v) is 4.73. The van der Waals surface area contributed by atoms with Crippen molar-refractivity contribution in [2.75, 3.05) is 6.54 Å². The van der Waals surface area contributed by atoms with E-state index in [9.17, 15) is 5.26 Å². The molecule has 0 saturated carbocycles. The Hall–Kier alpha value is -0.550. The smallest absolute Gasteiger partial charge is 0.109 e. The highest BCUT2D eigenvalue weighted by Crippen LogP contribution is 2.45. The molecule has 2 nitrogen and oxygen atoms in total. The molecule has 2 aliphatic rings. The van der Waals surface area contributed by atoms with Crippen molar-refractivity contribution >= 4 is 0 Å². The highest BCUT2D eigenvalue weighted by atomic mass is 15.3. The van der Waals surface area contributed by atoms with Crippen molar-refractivity contribution in [1.29, 1.82) is 5.26 Å². The van der Waals surface area contributed by atoms with E-state index in [4.69, 9.17) is 0 Å². The van der Waals surface area contributed by atoms with Crippen molar-refractivity contribution in [2.24, 2.45) is 0 Å². The Labute approximate surface area is 106 Å². The van der Waals surface area contributed by atoms with Crippen LogP contribution in [0.15, 0.2) is 0 Å². The minimum absolute atomic E-state index is 0.0475. The van der Waals surface area contributed by atoms with Gasteiger partial charge in [0.25, 0.3) is 0 Å². The Morgan fingerprint density at radius 1 is 1.12 bits per heavy atom. The summed E-state index contributed by atoms with van der Waals surface area (Å²) in [5.41, 5.74) is -0.0475. The molecule has 0 aromatic heterocycles. The third-order valence-electron chi connectivity index (χ3n) is 4.73. The second-order valence-corrected chi connectivity index (χ2v) is 5.84. The monoisotopic (exact) mass is 234 g/mol. The van der Waals surface area contributed by atoms with Gasteiger partial charge in [0, 0.05) is 6.04 Å². The Kier molecular flexibility index (Phi) is 4.45. The zero-order chi connectivity index (χ0) is 12.1. The maximum atomic E-state index is 9.39. The van der Waals surface area contributed by atoms with Crippen LogP contribution in [0, 0.1) is 11.3 Å². The van der Waals surface area contributed by atoms with Crippen LogP contribution in [0.3, 0.4) is 0 Å². The van der Waals surface area contributed by atoms with Crippen molar-refractivity contribution in [3.63, 3.8) is 0 Å². The van der Waals surface area contributed by atoms with Gasteiger partial charge >= 0.3 is 0 Å². The third kappa shape index (κ3) is 2.65. The zero-order valence-electron chi connectivity index (χ0n) is 11.2. The molecular weight excluding hydrogens is 208 g/mol. The summed E-state index contributed by atoms with van der Waals surface area (Å²) in [5.74, 6) is 0. The molecule has 2 rings (SSSR count). The van der Waals surface area contributed by atoms with Crippen LogP contribution in [-0.4, -0.2) is 23.0 Å². The largest absolute Gasteiger partial charge is 0.283 e. The first-order chi connectivity index (χ1) is 8.32. The van der Waals surface area contributed by atoms with E-state index in [1.165, 1.54) is 57.9 Å². The quantitative estimate of drug-likeness (QED) is 0.625. The van der Waals surface area contributed by atoms with Crippen LogP contribution >= 0.6 is 0 Å². The maximum absolute atomic E-state index is 9.39. The molecule has 2 heteroatoms. The first-order valence-corrected chi connectivity index (χ1v) is 7.50. The van der Waals surface area contributed by atoms with Crippen molar-refractivity contribution in [3.05, 3.63) is 0 Å². The van der Waals surface area contributed by atoms with Crippen LogP contribution in [0.1, 0.15) is 71.1 Å². The van der Waals surface area contributed by atoms with Gasteiger partial charge in [0.1, 0.15) is 5.54 Å². The molecule has 0 unspecified atom stereocenters. The average Bonchev–Trinajstić information content (AvgIpc) is 2.89. The van der Waals surface area contributed by atoms with Crippen molar-refractivity contribution < 1.29 is 0 Å². The van der Waals surface area contributed by atoms with Crippen LogP contribution in [0.4, 0.5) is 0 Å². The minimum atomic E-state index is -0.0475. The predicted octanol–water partition coefficient (Wildman–Crippen LogP) is 3.87.